The summed E-state index contributed by atoms with van der Waals surface area (Å²) in [7, 11) is 0. The van der Waals surface area contributed by atoms with Crippen LogP contribution in [0.1, 0.15) is 25.7 Å². The molecule has 0 aromatic carbocycles. The first-order valence-corrected chi connectivity index (χ1v) is 4.61. The fourth-order valence-electron chi connectivity index (χ4n) is 2.14. The van der Waals surface area contributed by atoms with Gasteiger partial charge in [0, 0.05) is 6.42 Å². The Morgan fingerprint density at radius 3 is 2.67 bits per heavy atom. The van der Waals surface area contributed by atoms with Crippen molar-refractivity contribution in [3.8, 4) is 0 Å². The minimum absolute atomic E-state index is 0.0336. The Kier molecular flexibility index (Phi) is 2.15. The van der Waals surface area contributed by atoms with Gasteiger partial charge in [-0.25, -0.2) is 0 Å². The Balaban J connectivity index is 2.12. The Labute approximate surface area is 72.0 Å². The zero-order valence-corrected chi connectivity index (χ0v) is 7.12. The molecule has 1 aliphatic carbocycles. The quantitative estimate of drug-likeness (QED) is 0.553. The second-order valence-corrected chi connectivity index (χ2v) is 3.50. The Morgan fingerprint density at radius 1 is 1.25 bits per heavy atom. The number of carbonyl (C=O) groups is 1. The van der Waals surface area contributed by atoms with Crippen molar-refractivity contribution in [3.05, 3.63) is 0 Å². The lowest BCUT2D eigenvalue weighted by Gasteiger charge is -2.36. The van der Waals surface area contributed by atoms with Crippen molar-refractivity contribution in [3.63, 3.8) is 0 Å². The van der Waals surface area contributed by atoms with E-state index in [4.69, 9.17) is 9.47 Å². The molecule has 0 amide bonds. The van der Waals surface area contributed by atoms with Crippen molar-refractivity contribution in [2.45, 2.75) is 31.5 Å². The van der Waals surface area contributed by atoms with Crippen LogP contribution in [0.4, 0.5) is 0 Å². The number of hydrogen-bond acceptors (Lipinski definition) is 3. The lowest BCUT2D eigenvalue weighted by atomic mass is 9.84. The smallest absolute Gasteiger partial charge is 0.177 e. The van der Waals surface area contributed by atoms with Crippen LogP contribution in [0.2, 0.25) is 0 Å². The third-order valence-electron chi connectivity index (χ3n) is 2.80. The molecule has 1 spiro atoms. The summed E-state index contributed by atoms with van der Waals surface area (Å²) in [5, 5.41) is 0. The molecule has 1 atom stereocenters. The van der Waals surface area contributed by atoms with E-state index in [1.165, 1.54) is 0 Å². The molecule has 1 heterocycles. The molecule has 1 aliphatic heterocycles. The minimum Gasteiger partial charge on any atom is -0.347 e. The lowest BCUT2D eigenvalue weighted by Crippen LogP contribution is -2.42. The fraction of sp³-hybridized carbons (Fsp3) is 0.889. The molecule has 68 valence electrons. The highest BCUT2D eigenvalue weighted by molar-refractivity contribution is 5.55. The normalized spacial score (nSPS) is 33.8. The first-order valence-electron chi connectivity index (χ1n) is 4.61. The van der Waals surface area contributed by atoms with E-state index in [1.54, 1.807) is 0 Å². The molecule has 1 unspecified atom stereocenters. The SMILES string of the molecule is O=CC1CCCCC12OCCO2. The van der Waals surface area contributed by atoms with Crippen LogP contribution in [-0.4, -0.2) is 25.3 Å². The van der Waals surface area contributed by atoms with E-state index in [-0.39, 0.29) is 5.92 Å². The molecule has 3 heteroatoms. The summed E-state index contributed by atoms with van der Waals surface area (Å²) < 4.78 is 11.1. The van der Waals surface area contributed by atoms with E-state index in [0.29, 0.717) is 13.2 Å². The third-order valence-corrected chi connectivity index (χ3v) is 2.80. The topological polar surface area (TPSA) is 35.5 Å². The van der Waals surface area contributed by atoms with Crippen LogP contribution in [0, 0.1) is 5.92 Å². The van der Waals surface area contributed by atoms with Gasteiger partial charge in [0.05, 0.1) is 19.1 Å². The Hall–Kier alpha value is -0.410. The fourth-order valence-corrected chi connectivity index (χ4v) is 2.14. The maximum Gasteiger partial charge on any atom is 0.177 e. The largest absolute Gasteiger partial charge is 0.347 e. The summed E-state index contributed by atoms with van der Waals surface area (Å²) >= 11 is 0. The van der Waals surface area contributed by atoms with E-state index < -0.39 is 5.79 Å². The van der Waals surface area contributed by atoms with Crippen LogP contribution in [0.5, 0.6) is 0 Å². The van der Waals surface area contributed by atoms with Gasteiger partial charge in [-0.05, 0) is 12.8 Å². The third kappa shape index (κ3) is 1.17. The van der Waals surface area contributed by atoms with E-state index >= 15 is 0 Å². The number of aldehydes is 1. The highest BCUT2D eigenvalue weighted by Crippen LogP contribution is 2.39. The standard InChI is InChI=1S/C9H14O3/c10-7-8-3-1-2-4-9(8)11-5-6-12-9/h7-8H,1-6H2. The molecule has 1 saturated carbocycles. The molecule has 12 heavy (non-hydrogen) atoms. The molecule has 0 N–H and O–H groups in total. The number of carbonyl (C=O) groups excluding carboxylic acids is 1. The Bertz CT molecular complexity index is 173. The van der Waals surface area contributed by atoms with Crippen molar-refractivity contribution >= 4 is 6.29 Å². The summed E-state index contributed by atoms with van der Waals surface area (Å²) in [6, 6.07) is 0. The summed E-state index contributed by atoms with van der Waals surface area (Å²) in [6.07, 6.45) is 5.03. The second kappa shape index (κ2) is 3.15. The second-order valence-electron chi connectivity index (χ2n) is 3.50. The zero-order valence-electron chi connectivity index (χ0n) is 7.12. The van der Waals surface area contributed by atoms with Crippen molar-refractivity contribution < 1.29 is 14.3 Å². The predicted octanol–water partition coefficient (Wildman–Crippen LogP) is 1.12. The van der Waals surface area contributed by atoms with Crippen molar-refractivity contribution in [1.82, 2.24) is 0 Å². The van der Waals surface area contributed by atoms with Crippen LogP contribution < -0.4 is 0 Å². The molecule has 3 nitrogen and oxygen atoms in total. The summed E-state index contributed by atoms with van der Waals surface area (Å²) in [5.41, 5.74) is 0. The molecule has 0 bridgehead atoms. The van der Waals surface area contributed by atoms with Gasteiger partial charge in [-0.15, -0.1) is 0 Å². The van der Waals surface area contributed by atoms with Gasteiger partial charge < -0.3 is 14.3 Å². The highest BCUT2D eigenvalue weighted by Gasteiger charge is 2.45. The molecule has 0 radical (unpaired) electrons. The van der Waals surface area contributed by atoms with Gasteiger partial charge in [0.1, 0.15) is 6.29 Å². The van der Waals surface area contributed by atoms with Crippen LogP contribution in [-0.2, 0) is 14.3 Å². The summed E-state index contributed by atoms with van der Waals surface area (Å²) in [6.45, 7) is 1.29. The van der Waals surface area contributed by atoms with Gasteiger partial charge in [-0.3, -0.25) is 0 Å². The van der Waals surface area contributed by atoms with Crippen LogP contribution in [0.3, 0.4) is 0 Å². The molecule has 2 rings (SSSR count). The predicted molar refractivity (Wildman–Crippen MR) is 42.7 cm³/mol. The van der Waals surface area contributed by atoms with Crippen LogP contribution in [0.25, 0.3) is 0 Å². The van der Waals surface area contributed by atoms with Crippen LogP contribution in [0.15, 0.2) is 0 Å². The van der Waals surface area contributed by atoms with E-state index in [0.717, 1.165) is 32.0 Å². The molecule has 0 aromatic rings. The molecule has 0 aromatic heterocycles. The van der Waals surface area contributed by atoms with E-state index in [9.17, 15) is 4.79 Å². The average Bonchev–Trinajstić information content (AvgIpc) is 2.55. The first-order chi connectivity index (χ1) is 5.87. The van der Waals surface area contributed by atoms with Crippen molar-refractivity contribution in [2.75, 3.05) is 13.2 Å². The lowest BCUT2D eigenvalue weighted by molar-refractivity contribution is -0.206. The molecule has 1 saturated heterocycles. The summed E-state index contributed by atoms with van der Waals surface area (Å²) in [5.74, 6) is -0.561. The number of hydrogen-bond donors (Lipinski definition) is 0. The monoisotopic (exact) mass is 170 g/mol. The average molecular weight is 170 g/mol. The number of ether oxygens (including phenoxy) is 2. The molecular formula is C9H14O3. The highest BCUT2D eigenvalue weighted by atomic mass is 16.7. The first kappa shape index (κ1) is 8.20. The van der Waals surface area contributed by atoms with Crippen molar-refractivity contribution in [2.24, 2.45) is 5.92 Å². The Morgan fingerprint density at radius 2 is 2.00 bits per heavy atom. The van der Waals surface area contributed by atoms with Gasteiger partial charge in [0.2, 0.25) is 0 Å². The van der Waals surface area contributed by atoms with Gasteiger partial charge >= 0.3 is 0 Å². The maximum absolute atomic E-state index is 10.8. The van der Waals surface area contributed by atoms with E-state index in [2.05, 4.69) is 0 Å². The minimum atomic E-state index is -0.528. The number of rotatable bonds is 1. The molecule has 2 aliphatic rings. The molecule has 2 fully saturated rings. The summed E-state index contributed by atoms with van der Waals surface area (Å²) in [4.78, 5) is 10.8. The zero-order chi connectivity index (χ0) is 8.44. The van der Waals surface area contributed by atoms with Gasteiger partial charge in [0.15, 0.2) is 5.79 Å². The van der Waals surface area contributed by atoms with Gasteiger partial charge in [-0.1, -0.05) is 6.42 Å². The van der Waals surface area contributed by atoms with Crippen LogP contribution >= 0.6 is 0 Å². The van der Waals surface area contributed by atoms with Gasteiger partial charge in [0.25, 0.3) is 0 Å². The maximum atomic E-state index is 10.8. The van der Waals surface area contributed by atoms with Gasteiger partial charge in [-0.2, -0.15) is 0 Å². The van der Waals surface area contributed by atoms with E-state index in [1.807, 2.05) is 0 Å². The molecular weight excluding hydrogens is 156 g/mol. The van der Waals surface area contributed by atoms with Crippen molar-refractivity contribution in [1.29, 1.82) is 0 Å².